The van der Waals surface area contributed by atoms with Crippen molar-refractivity contribution in [2.45, 2.75) is 76.9 Å². The summed E-state index contributed by atoms with van der Waals surface area (Å²) in [7, 11) is 0. The van der Waals surface area contributed by atoms with Crippen LogP contribution in [-0.2, 0) is 0 Å². The van der Waals surface area contributed by atoms with E-state index in [2.05, 4.69) is 11.8 Å². The lowest BCUT2D eigenvalue weighted by atomic mass is 9.94. The van der Waals surface area contributed by atoms with Gasteiger partial charge in [-0.15, -0.1) is 0 Å². The highest BCUT2D eigenvalue weighted by molar-refractivity contribution is 4.91. The number of aliphatic hydroxyl groups is 1. The van der Waals surface area contributed by atoms with E-state index in [0.717, 1.165) is 6.42 Å². The Labute approximate surface area is 106 Å². The largest absolute Gasteiger partial charge is 0.393 e. The minimum Gasteiger partial charge on any atom is -0.393 e. The van der Waals surface area contributed by atoms with Gasteiger partial charge in [0, 0.05) is 12.0 Å². The Bertz CT molecular complexity index is 219. The summed E-state index contributed by atoms with van der Waals surface area (Å²) < 4.78 is 0. The lowest BCUT2D eigenvalue weighted by molar-refractivity contribution is 0.0740. The third-order valence-electron chi connectivity index (χ3n) is 4.74. The second-order valence-electron chi connectivity index (χ2n) is 5.97. The molecule has 0 amide bonds. The number of rotatable bonds is 6. The van der Waals surface area contributed by atoms with Gasteiger partial charge in [-0.3, -0.25) is 0 Å². The summed E-state index contributed by atoms with van der Waals surface area (Å²) in [5.41, 5.74) is 0. The lowest BCUT2D eigenvalue weighted by Gasteiger charge is -2.31. The van der Waals surface area contributed by atoms with Gasteiger partial charge in [0.25, 0.3) is 0 Å². The van der Waals surface area contributed by atoms with E-state index in [-0.39, 0.29) is 6.10 Å². The third-order valence-corrected chi connectivity index (χ3v) is 4.74. The highest BCUT2D eigenvalue weighted by Gasteiger charge is 2.37. The van der Waals surface area contributed by atoms with Gasteiger partial charge in [0.15, 0.2) is 0 Å². The molecule has 1 aliphatic heterocycles. The van der Waals surface area contributed by atoms with E-state index in [1.807, 2.05) is 0 Å². The fourth-order valence-corrected chi connectivity index (χ4v) is 3.77. The van der Waals surface area contributed by atoms with E-state index >= 15 is 0 Å². The quantitative estimate of drug-likeness (QED) is 0.720. The maximum Gasteiger partial charge on any atom is 0.0583 e. The van der Waals surface area contributed by atoms with Crippen molar-refractivity contribution in [3.05, 3.63) is 0 Å². The van der Waals surface area contributed by atoms with Gasteiger partial charge in [0.1, 0.15) is 0 Å². The molecule has 1 N–H and O–H groups in total. The van der Waals surface area contributed by atoms with Gasteiger partial charge < -0.3 is 10.0 Å². The predicted molar refractivity (Wildman–Crippen MR) is 72.1 cm³/mol. The number of aliphatic hydroxyl groups excluding tert-OH is 1. The number of hydrogen-bond acceptors (Lipinski definition) is 2. The zero-order chi connectivity index (χ0) is 12.1. The van der Waals surface area contributed by atoms with Crippen LogP contribution >= 0.6 is 0 Å². The van der Waals surface area contributed by atoms with Gasteiger partial charge in [-0.25, -0.2) is 0 Å². The Hall–Kier alpha value is -0.0800. The van der Waals surface area contributed by atoms with Crippen molar-refractivity contribution in [1.82, 2.24) is 4.90 Å². The zero-order valence-corrected chi connectivity index (χ0v) is 11.4. The molecule has 17 heavy (non-hydrogen) atoms. The molecule has 2 rings (SSSR count). The van der Waals surface area contributed by atoms with E-state index < -0.39 is 0 Å². The van der Waals surface area contributed by atoms with Crippen LogP contribution in [0, 0.1) is 5.92 Å². The van der Waals surface area contributed by atoms with Crippen molar-refractivity contribution < 1.29 is 5.11 Å². The van der Waals surface area contributed by atoms with Gasteiger partial charge in [0.05, 0.1) is 6.10 Å². The van der Waals surface area contributed by atoms with Crippen LogP contribution in [0.1, 0.15) is 64.7 Å². The molecule has 3 atom stereocenters. The Morgan fingerprint density at radius 3 is 2.65 bits per heavy atom. The van der Waals surface area contributed by atoms with Crippen molar-refractivity contribution in [1.29, 1.82) is 0 Å². The van der Waals surface area contributed by atoms with Gasteiger partial charge >= 0.3 is 0 Å². The summed E-state index contributed by atoms with van der Waals surface area (Å²) in [5.74, 6) is 0.587. The van der Waals surface area contributed by atoms with Gasteiger partial charge in [-0.2, -0.15) is 0 Å². The fourth-order valence-electron chi connectivity index (χ4n) is 3.77. The molecule has 100 valence electrons. The molecule has 0 aromatic carbocycles. The Morgan fingerprint density at radius 1 is 1.06 bits per heavy atom. The molecule has 0 radical (unpaired) electrons. The maximum atomic E-state index is 10.1. The van der Waals surface area contributed by atoms with E-state index in [1.165, 1.54) is 64.5 Å². The number of unbranched alkanes of at least 4 members (excludes halogenated alkanes) is 3. The average molecular weight is 239 g/mol. The molecule has 2 heteroatoms. The van der Waals surface area contributed by atoms with E-state index in [9.17, 15) is 5.11 Å². The molecule has 0 aromatic rings. The minimum atomic E-state index is -0.00348. The first-order chi connectivity index (χ1) is 8.33. The molecule has 3 unspecified atom stereocenters. The van der Waals surface area contributed by atoms with Crippen LogP contribution in [0.2, 0.25) is 0 Å². The van der Waals surface area contributed by atoms with Crippen LogP contribution in [0.3, 0.4) is 0 Å². The molecule has 2 nitrogen and oxygen atoms in total. The number of likely N-dealkylation sites (tertiary alicyclic amines) is 1. The summed E-state index contributed by atoms with van der Waals surface area (Å²) >= 11 is 0. The molecule has 1 saturated carbocycles. The monoisotopic (exact) mass is 239 g/mol. The topological polar surface area (TPSA) is 23.5 Å². The second kappa shape index (κ2) is 6.75. The molecule has 1 saturated heterocycles. The normalized spacial score (nSPS) is 34.6. The first-order valence-electron chi connectivity index (χ1n) is 7.75. The summed E-state index contributed by atoms with van der Waals surface area (Å²) in [5, 5.41) is 10.1. The molecule has 0 bridgehead atoms. The smallest absolute Gasteiger partial charge is 0.0583 e. The zero-order valence-electron chi connectivity index (χ0n) is 11.4. The highest BCUT2D eigenvalue weighted by atomic mass is 16.3. The molecule has 0 spiro atoms. The van der Waals surface area contributed by atoms with Crippen LogP contribution in [-0.4, -0.2) is 35.2 Å². The van der Waals surface area contributed by atoms with E-state index in [4.69, 9.17) is 0 Å². The Morgan fingerprint density at radius 2 is 1.94 bits per heavy atom. The van der Waals surface area contributed by atoms with Crippen LogP contribution in [0.25, 0.3) is 0 Å². The first kappa shape index (κ1) is 13.4. The van der Waals surface area contributed by atoms with Crippen LogP contribution in [0.5, 0.6) is 0 Å². The van der Waals surface area contributed by atoms with Crippen molar-refractivity contribution in [3.8, 4) is 0 Å². The molecule has 1 heterocycles. The van der Waals surface area contributed by atoms with Crippen molar-refractivity contribution in [2.75, 3.05) is 13.1 Å². The predicted octanol–water partition coefficient (Wildman–Crippen LogP) is 3.19. The van der Waals surface area contributed by atoms with E-state index in [0.29, 0.717) is 12.0 Å². The van der Waals surface area contributed by atoms with Gasteiger partial charge in [-0.05, 0) is 45.2 Å². The summed E-state index contributed by atoms with van der Waals surface area (Å²) in [6.45, 7) is 4.82. The van der Waals surface area contributed by atoms with Gasteiger partial charge in [0.2, 0.25) is 0 Å². The summed E-state index contributed by atoms with van der Waals surface area (Å²) in [6.07, 6.45) is 11.7. The van der Waals surface area contributed by atoms with Crippen molar-refractivity contribution in [3.63, 3.8) is 0 Å². The van der Waals surface area contributed by atoms with Crippen LogP contribution in [0.15, 0.2) is 0 Å². The molecule has 1 aliphatic carbocycles. The number of hydrogen-bond donors (Lipinski definition) is 1. The Balaban J connectivity index is 1.76. The summed E-state index contributed by atoms with van der Waals surface area (Å²) in [6, 6.07) is 0.703. The highest BCUT2D eigenvalue weighted by Crippen LogP contribution is 2.35. The van der Waals surface area contributed by atoms with Crippen LogP contribution < -0.4 is 0 Å². The standard InChI is InChI=1S/C15H29NO/c1-2-3-4-5-11-16-12-7-9-14(16)13-8-6-10-15(13)17/h13-15,17H,2-12H2,1H3. The third kappa shape index (κ3) is 3.45. The SMILES string of the molecule is CCCCCCN1CCCC1C1CCCC1O. The lowest BCUT2D eigenvalue weighted by Crippen LogP contribution is -2.39. The second-order valence-corrected chi connectivity index (χ2v) is 5.97. The molecular formula is C15H29NO. The minimum absolute atomic E-state index is 0.00348. The maximum absolute atomic E-state index is 10.1. The molecular weight excluding hydrogens is 210 g/mol. The summed E-state index contributed by atoms with van der Waals surface area (Å²) in [4.78, 5) is 2.68. The Kier molecular flexibility index (Phi) is 5.30. The fraction of sp³-hybridized carbons (Fsp3) is 1.00. The van der Waals surface area contributed by atoms with Crippen molar-refractivity contribution in [2.24, 2.45) is 5.92 Å². The molecule has 2 fully saturated rings. The molecule has 2 aliphatic rings. The number of nitrogens with zero attached hydrogens (tertiary/aromatic N) is 1. The van der Waals surface area contributed by atoms with E-state index in [1.54, 1.807) is 0 Å². The van der Waals surface area contributed by atoms with Gasteiger partial charge in [-0.1, -0.05) is 32.6 Å². The molecule has 0 aromatic heterocycles. The van der Waals surface area contributed by atoms with Crippen molar-refractivity contribution >= 4 is 0 Å². The van der Waals surface area contributed by atoms with Crippen LogP contribution in [0.4, 0.5) is 0 Å². The first-order valence-corrected chi connectivity index (χ1v) is 7.75. The average Bonchev–Trinajstić information content (AvgIpc) is 2.93.